The van der Waals surface area contributed by atoms with E-state index in [0.717, 1.165) is 0 Å². The van der Waals surface area contributed by atoms with E-state index in [1.54, 1.807) is 43.3 Å². The van der Waals surface area contributed by atoms with Crippen molar-refractivity contribution in [3.63, 3.8) is 0 Å². The fourth-order valence-corrected chi connectivity index (χ4v) is 2.49. The summed E-state index contributed by atoms with van der Waals surface area (Å²) >= 11 is 11.9. The van der Waals surface area contributed by atoms with Gasteiger partial charge in [0.25, 0.3) is 0 Å². The predicted octanol–water partition coefficient (Wildman–Crippen LogP) is 4.39. The molecule has 0 spiro atoms. The van der Waals surface area contributed by atoms with Crippen molar-refractivity contribution in [2.24, 2.45) is 0 Å². The number of hydrogen-bond acceptors (Lipinski definition) is 3. The Hall–Kier alpha value is -2.24. The van der Waals surface area contributed by atoms with E-state index < -0.39 is 6.04 Å². The molecule has 0 radical (unpaired) electrons. The van der Waals surface area contributed by atoms with Crippen LogP contribution in [0, 0.1) is 0 Å². The molecule has 24 heavy (non-hydrogen) atoms. The van der Waals surface area contributed by atoms with Crippen LogP contribution in [-0.2, 0) is 9.59 Å². The van der Waals surface area contributed by atoms with Crippen molar-refractivity contribution in [3.8, 4) is 0 Å². The van der Waals surface area contributed by atoms with Crippen LogP contribution in [0.3, 0.4) is 0 Å². The first-order chi connectivity index (χ1) is 11.3. The lowest BCUT2D eigenvalue weighted by atomic mass is 10.2. The highest BCUT2D eigenvalue weighted by Gasteiger charge is 2.14. The standard InChI is InChI=1S/C17H17Cl2N3O2/c1-10(17(24)22-16-7-6-12(18)8-15(16)19)20-13-4-3-5-14(9-13)21-11(2)23/h3-10,20H,1-2H3,(H,21,23)(H,22,24)/t10-/m0/s1. The molecule has 0 aliphatic rings. The second kappa shape index (κ2) is 8.04. The summed E-state index contributed by atoms with van der Waals surface area (Å²) in [6.45, 7) is 3.16. The van der Waals surface area contributed by atoms with Gasteiger partial charge in [-0.05, 0) is 43.3 Å². The van der Waals surface area contributed by atoms with Crippen molar-refractivity contribution in [1.82, 2.24) is 0 Å². The molecule has 0 saturated carbocycles. The number of amides is 2. The largest absolute Gasteiger partial charge is 0.374 e. The van der Waals surface area contributed by atoms with Crippen molar-refractivity contribution in [3.05, 3.63) is 52.5 Å². The van der Waals surface area contributed by atoms with Gasteiger partial charge in [0, 0.05) is 23.3 Å². The molecule has 2 aromatic rings. The fourth-order valence-electron chi connectivity index (χ4n) is 2.04. The van der Waals surface area contributed by atoms with E-state index in [2.05, 4.69) is 16.0 Å². The van der Waals surface area contributed by atoms with E-state index in [1.807, 2.05) is 6.07 Å². The second-order valence-electron chi connectivity index (χ2n) is 5.24. The number of benzene rings is 2. The lowest BCUT2D eigenvalue weighted by Crippen LogP contribution is -2.32. The fraction of sp³-hybridized carbons (Fsp3) is 0.176. The first kappa shape index (κ1) is 18.1. The van der Waals surface area contributed by atoms with Gasteiger partial charge in [0.2, 0.25) is 11.8 Å². The molecule has 0 aliphatic heterocycles. The van der Waals surface area contributed by atoms with Crippen LogP contribution in [0.5, 0.6) is 0 Å². The van der Waals surface area contributed by atoms with Gasteiger partial charge in [-0.1, -0.05) is 29.3 Å². The number of carbonyl (C=O) groups excluding carboxylic acids is 2. The van der Waals surface area contributed by atoms with Crippen LogP contribution in [-0.4, -0.2) is 17.9 Å². The third-order valence-electron chi connectivity index (χ3n) is 3.15. The summed E-state index contributed by atoms with van der Waals surface area (Å²) in [6.07, 6.45) is 0. The highest BCUT2D eigenvalue weighted by Crippen LogP contribution is 2.25. The first-order valence-corrected chi connectivity index (χ1v) is 8.01. The van der Waals surface area contributed by atoms with E-state index in [-0.39, 0.29) is 11.8 Å². The number of anilines is 3. The maximum Gasteiger partial charge on any atom is 0.246 e. The molecule has 0 saturated heterocycles. The van der Waals surface area contributed by atoms with Gasteiger partial charge < -0.3 is 16.0 Å². The lowest BCUT2D eigenvalue weighted by Gasteiger charge is -2.16. The van der Waals surface area contributed by atoms with Crippen LogP contribution in [0.1, 0.15) is 13.8 Å². The number of hydrogen-bond donors (Lipinski definition) is 3. The quantitative estimate of drug-likeness (QED) is 0.735. The number of carbonyl (C=O) groups is 2. The SMILES string of the molecule is CC(=O)Nc1cccc(N[C@@H](C)C(=O)Nc2ccc(Cl)cc2Cl)c1. The van der Waals surface area contributed by atoms with Crippen LogP contribution >= 0.6 is 23.2 Å². The summed E-state index contributed by atoms with van der Waals surface area (Å²) in [5.74, 6) is -0.403. The van der Waals surface area contributed by atoms with Gasteiger partial charge in [0.15, 0.2) is 0 Å². The highest BCUT2D eigenvalue weighted by atomic mass is 35.5. The van der Waals surface area contributed by atoms with Gasteiger partial charge in [0.05, 0.1) is 10.7 Å². The zero-order valence-electron chi connectivity index (χ0n) is 13.2. The molecule has 0 fully saturated rings. The normalized spacial score (nSPS) is 11.5. The Kier molecular flexibility index (Phi) is 6.06. The Balaban J connectivity index is 2.02. The van der Waals surface area contributed by atoms with E-state index in [4.69, 9.17) is 23.2 Å². The smallest absolute Gasteiger partial charge is 0.246 e. The van der Waals surface area contributed by atoms with Crippen LogP contribution in [0.4, 0.5) is 17.1 Å². The molecule has 2 aromatic carbocycles. The summed E-state index contributed by atoms with van der Waals surface area (Å²) in [5, 5.41) is 9.38. The summed E-state index contributed by atoms with van der Waals surface area (Å²) < 4.78 is 0. The Bertz CT molecular complexity index is 765. The molecule has 2 rings (SSSR count). The predicted molar refractivity (Wildman–Crippen MR) is 98.9 cm³/mol. The lowest BCUT2D eigenvalue weighted by molar-refractivity contribution is -0.116. The zero-order valence-corrected chi connectivity index (χ0v) is 14.7. The first-order valence-electron chi connectivity index (χ1n) is 7.25. The molecular formula is C17H17Cl2N3O2. The Morgan fingerprint density at radius 1 is 1.00 bits per heavy atom. The summed E-state index contributed by atoms with van der Waals surface area (Å²) in [6, 6.07) is 11.5. The number of rotatable bonds is 5. The zero-order chi connectivity index (χ0) is 17.7. The molecule has 0 aromatic heterocycles. The van der Waals surface area contributed by atoms with Gasteiger partial charge in [0.1, 0.15) is 6.04 Å². The summed E-state index contributed by atoms with van der Waals surface area (Å²) in [7, 11) is 0. The molecule has 5 nitrogen and oxygen atoms in total. The van der Waals surface area contributed by atoms with E-state index in [9.17, 15) is 9.59 Å². The number of nitrogens with one attached hydrogen (secondary N) is 3. The van der Waals surface area contributed by atoms with Gasteiger partial charge in [-0.25, -0.2) is 0 Å². The van der Waals surface area contributed by atoms with E-state index in [0.29, 0.717) is 27.1 Å². The minimum atomic E-state index is -0.510. The minimum absolute atomic E-state index is 0.157. The third kappa shape index (κ3) is 5.15. The summed E-state index contributed by atoms with van der Waals surface area (Å²) in [5.41, 5.74) is 1.86. The van der Waals surface area contributed by atoms with Gasteiger partial charge >= 0.3 is 0 Å². The van der Waals surface area contributed by atoms with E-state index >= 15 is 0 Å². The molecule has 0 unspecified atom stereocenters. The van der Waals surface area contributed by atoms with Gasteiger partial charge in [-0.15, -0.1) is 0 Å². The topological polar surface area (TPSA) is 70.2 Å². The Morgan fingerprint density at radius 2 is 1.71 bits per heavy atom. The van der Waals surface area contributed by atoms with Gasteiger partial charge in [-0.2, -0.15) is 0 Å². The molecule has 2 amide bonds. The molecule has 126 valence electrons. The van der Waals surface area contributed by atoms with Crippen LogP contribution in [0.25, 0.3) is 0 Å². The molecule has 7 heteroatoms. The van der Waals surface area contributed by atoms with Crippen LogP contribution in [0.2, 0.25) is 10.0 Å². The Labute approximate surface area is 150 Å². The average Bonchev–Trinajstić information content (AvgIpc) is 2.49. The molecule has 3 N–H and O–H groups in total. The third-order valence-corrected chi connectivity index (χ3v) is 3.70. The highest BCUT2D eigenvalue weighted by molar-refractivity contribution is 6.36. The van der Waals surface area contributed by atoms with Crippen molar-refractivity contribution in [1.29, 1.82) is 0 Å². The molecular weight excluding hydrogens is 349 g/mol. The van der Waals surface area contributed by atoms with Gasteiger partial charge in [-0.3, -0.25) is 9.59 Å². The summed E-state index contributed by atoms with van der Waals surface area (Å²) in [4.78, 5) is 23.4. The monoisotopic (exact) mass is 365 g/mol. The second-order valence-corrected chi connectivity index (χ2v) is 6.09. The van der Waals surface area contributed by atoms with Crippen LogP contribution < -0.4 is 16.0 Å². The molecule has 0 aliphatic carbocycles. The molecule has 0 heterocycles. The molecule has 1 atom stereocenters. The molecule has 0 bridgehead atoms. The van der Waals surface area contributed by atoms with Crippen molar-refractivity contribution in [2.75, 3.05) is 16.0 Å². The van der Waals surface area contributed by atoms with E-state index in [1.165, 1.54) is 6.92 Å². The van der Waals surface area contributed by atoms with Crippen molar-refractivity contribution < 1.29 is 9.59 Å². The van der Waals surface area contributed by atoms with Crippen LogP contribution in [0.15, 0.2) is 42.5 Å². The number of halogens is 2. The maximum absolute atomic E-state index is 12.3. The Morgan fingerprint density at radius 3 is 2.38 bits per heavy atom. The minimum Gasteiger partial charge on any atom is -0.374 e. The van der Waals surface area contributed by atoms with Crippen molar-refractivity contribution >= 4 is 52.1 Å². The van der Waals surface area contributed by atoms with Crippen molar-refractivity contribution in [2.45, 2.75) is 19.9 Å². The maximum atomic E-state index is 12.3. The average molecular weight is 366 g/mol.